The van der Waals surface area contributed by atoms with Crippen LogP contribution in [-0.2, 0) is 16.0 Å². The summed E-state index contributed by atoms with van der Waals surface area (Å²) in [4.78, 5) is 16.0. The number of pyridine rings is 1. The summed E-state index contributed by atoms with van der Waals surface area (Å²) in [6.07, 6.45) is -2.52. The minimum absolute atomic E-state index is 0.0637. The molecule has 8 nitrogen and oxygen atoms in total. The van der Waals surface area contributed by atoms with Crippen LogP contribution in [0.25, 0.3) is 0 Å². The van der Waals surface area contributed by atoms with Gasteiger partial charge < -0.3 is 31.1 Å². The lowest BCUT2D eigenvalue weighted by Gasteiger charge is -2.39. The molecule has 8 heteroatoms. The van der Waals surface area contributed by atoms with Crippen molar-refractivity contribution < 1.29 is 24.9 Å². The van der Waals surface area contributed by atoms with Crippen molar-refractivity contribution in [3.63, 3.8) is 0 Å². The van der Waals surface area contributed by atoms with E-state index in [9.17, 15) is 20.1 Å². The highest BCUT2D eigenvalue weighted by molar-refractivity contribution is 5.81. The van der Waals surface area contributed by atoms with Crippen molar-refractivity contribution in [2.75, 3.05) is 13.1 Å². The van der Waals surface area contributed by atoms with Gasteiger partial charge in [0, 0.05) is 25.5 Å². The van der Waals surface area contributed by atoms with Gasteiger partial charge in [0.25, 0.3) is 5.91 Å². The minimum Gasteiger partial charge on any atom is -0.388 e. The number of hydrogen-bond acceptors (Lipinski definition) is 7. The van der Waals surface area contributed by atoms with E-state index in [-0.39, 0.29) is 6.54 Å². The third kappa shape index (κ3) is 3.79. The van der Waals surface area contributed by atoms with Crippen molar-refractivity contribution in [1.29, 1.82) is 0 Å². The maximum atomic E-state index is 12.1. The molecule has 22 heavy (non-hydrogen) atoms. The van der Waals surface area contributed by atoms with E-state index < -0.39 is 36.4 Å². The number of aromatic nitrogens is 1. The van der Waals surface area contributed by atoms with Crippen LogP contribution >= 0.6 is 0 Å². The predicted molar refractivity (Wildman–Crippen MR) is 76.7 cm³/mol. The molecule has 0 aliphatic carbocycles. The number of rotatable bonds is 5. The average molecular weight is 311 g/mol. The van der Waals surface area contributed by atoms with Gasteiger partial charge in [0.15, 0.2) is 6.10 Å². The Hall–Kier alpha value is -1.58. The second kappa shape index (κ2) is 7.61. The van der Waals surface area contributed by atoms with E-state index in [4.69, 9.17) is 10.5 Å². The van der Waals surface area contributed by atoms with Gasteiger partial charge in [-0.25, -0.2) is 0 Å². The van der Waals surface area contributed by atoms with E-state index in [1.165, 1.54) is 0 Å². The van der Waals surface area contributed by atoms with Crippen molar-refractivity contribution in [2.45, 2.75) is 36.9 Å². The van der Waals surface area contributed by atoms with Gasteiger partial charge in [-0.05, 0) is 24.1 Å². The Morgan fingerprint density at radius 1 is 1.23 bits per heavy atom. The molecular formula is C14H21N3O5. The number of carbonyl (C=O) groups excluding carboxylic acids is 1. The molecule has 2 rings (SSSR count). The second-order valence-corrected chi connectivity index (χ2v) is 5.20. The molecule has 1 aromatic heterocycles. The molecule has 0 unspecified atom stereocenters. The van der Waals surface area contributed by atoms with E-state index in [2.05, 4.69) is 10.3 Å². The summed E-state index contributed by atoms with van der Waals surface area (Å²) in [7, 11) is 0. The highest BCUT2D eigenvalue weighted by Crippen LogP contribution is 2.20. The monoisotopic (exact) mass is 311 g/mol. The smallest absolute Gasteiger partial charge is 0.251 e. The number of nitrogens with zero attached hydrogens (tertiary/aromatic N) is 1. The lowest BCUT2D eigenvalue weighted by atomic mass is 9.94. The fourth-order valence-corrected chi connectivity index (χ4v) is 2.34. The normalized spacial score (nSPS) is 31.7. The fraction of sp³-hybridized carbons (Fsp3) is 0.571. The molecule has 5 atom stereocenters. The van der Waals surface area contributed by atoms with Gasteiger partial charge in [0.2, 0.25) is 0 Å². The van der Waals surface area contributed by atoms with Gasteiger partial charge >= 0.3 is 0 Å². The first-order chi connectivity index (χ1) is 10.5. The molecule has 1 amide bonds. The van der Waals surface area contributed by atoms with Crippen LogP contribution in [0.1, 0.15) is 5.56 Å². The number of nitrogens with two attached hydrogens (primary N) is 1. The molecule has 1 saturated heterocycles. The molecular weight excluding hydrogens is 290 g/mol. The van der Waals surface area contributed by atoms with Gasteiger partial charge in [0.1, 0.15) is 18.3 Å². The third-order valence-electron chi connectivity index (χ3n) is 3.67. The van der Waals surface area contributed by atoms with Crippen molar-refractivity contribution >= 4 is 5.91 Å². The third-order valence-corrected chi connectivity index (χ3v) is 3.67. The number of carbonyl (C=O) groups is 1. The zero-order valence-corrected chi connectivity index (χ0v) is 12.0. The lowest BCUT2D eigenvalue weighted by molar-refractivity contribution is -0.217. The zero-order valence-electron chi connectivity index (χ0n) is 12.0. The summed E-state index contributed by atoms with van der Waals surface area (Å²) in [5.74, 6) is -0.550. The minimum atomic E-state index is -1.50. The molecule has 1 aromatic rings. The van der Waals surface area contributed by atoms with Gasteiger partial charge in [-0.15, -0.1) is 0 Å². The van der Waals surface area contributed by atoms with Crippen molar-refractivity contribution in [3.8, 4) is 0 Å². The number of hydrogen-bond donors (Lipinski definition) is 5. The molecule has 0 aromatic carbocycles. The van der Waals surface area contributed by atoms with E-state index in [1.807, 2.05) is 12.1 Å². The van der Waals surface area contributed by atoms with Gasteiger partial charge in [-0.1, -0.05) is 0 Å². The summed E-state index contributed by atoms with van der Waals surface area (Å²) >= 11 is 0. The van der Waals surface area contributed by atoms with Crippen LogP contribution in [0.5, 0.6) is 0 Å². The van der Waals surface area contributed by atoms with Crippen LogP contribution in [0.4, 0.5) is 0 Å². The molecule has 122 valence electrons. The molecule has 6 N–H and O–H groups in total. The first-order valence-electron chi connectivity index (χ1n) is 7.11. The second-order valence-electron chi connectivity index (χ2n) is 5.20. The Bertz CT molecular complexity index is 485. The topological polar surface area (TPSA) is 138 Å². The molecule has 0 spiro atoms. The summed E-state index contributed by atoms with van der Waals surface area (Å²) in [6.45, 7) is 0.285. The van der Waals surface area contributed by atoms with Crippen LogP contribution in [0.15, 0.2) is 24.5 Å². The standard InChI is InChI=1S/C14H21N3O5/c15-7-9-10(18)11(19)12(20)13(22-9)14(21)17-6-3-8-1-4-16-5-2-8/h1-2,4-5,9-13,18-20H,3,6-7,15H2,(H,17,21)/t9-,10-,11+,12+,13-/m0/s1. The molecule has 0 bridgehead atoms. The van der Waals surface area contributed by atoms with Gasteiger partial charge in [-0.3, -0.25) is 9.78 Å². The summed E-state index contributed by atoms with van der Waals surface area (Å²) in [5, 5.41) is 31.9. The number of ether oxygens (including phenoxy) is 1. The predicted octanol–water partition coefficient (Wildman–Crippen LogP) is -2.45. The molecule has 1 aliphatic rings. The average Bonchev–Trinajstić information content (AvgIpc) is 2.54. The van der Waals surface area contributed by atoms with E-state index in [0.29, 0.717) is 13.0 Å². The van der Waals surface area contributed by atoms with Crippen molar-refractivity contribution in [1.82, 2.24) is 10.3 Å². The molecule has 0 saturated carbocycles. The van der Waals surface area contributed by atoms with E-state index in [1.54, 1.807) is 12.4 Å². The molecule has 1 fully saturated rings. The quantitative estimate of drug-likeness (QED) is 0.407. The van der Waals surface area contributed by atoms with Crippen LogP contribution in [0.2, 0.25) is 0 Å². The Kier molecular flexibility index (Phi) is 5.81. The van der Waals surface area contributed by atoms with Crippen molar-refractivity contribution in [3.05, 3.63) is 30.1 Å². The Labute approximate surface area is 127 Å². The lowest BCUT2D eigenvalue weighted by Crippen LogP contribution is -2.63. The highest BCUT2D eigenvalue weighted by Gasteiger charge is 2.45. The first-order valence-corrected chi connectivity index (χ1v) is 7.11. The zero-order chi connectivity index (χ0) is 16.1. The number of aliphatic hydroxyl groups excluding tert-OH is 3. The summed E-state index contributed by atoms with van der Waals surface area (Å²) < 4.78 is 5.29. The van der Waals surface area contributed by atoms with Crippen LogP contribution in [0, 0.1) is 0 Å². The molecule has 1 aliphatic heterocycles. The van der Waals surface area contributed by atoms with Crippen LogP contribution in [-0.4, -0.2) is 69.8 Å². The number of nitrogens with one attached hydrogen (secondary N) is 1. The fourth-order valence-electron chi connectivity index (χ4n) is 2.34. The van der Waals surface area contributed by atoms with Crippen LogP contribution in [0.3, 0.4) is 0 Å². The molecule has 2 heterocycles. The highest BCUT2D eigenvalue weighted by atomic mass is 16.5. The Balaban J connectivity index is 1.88. The van der Waals surface area contributed by atoms with Gasteiger partial charge in [-0.2, -0.15) is 0 Å². The Morgan fingerprint density at radius 2 is 1.91 bits per heavy atom. The van der Waals surface area contributed by atoms with Crippen LogP contribution < -0.4 is 11.1 Å². The number of amides is 1. The molecule has 0 radical (unpaired) electrons. The maximum Gasteiger partial charge on any atom is 0.251 e. The summed E-state index contributed by atoms with van der Waals surface area (Å²) in [5.41, 5.74) is 6.43. The largest absolute Gasteiger partial charge is 0.388 e. The maximum absolute atomic E-state index is 12.1. The number of aliphatic hydroxyl groups is 3. The SMILES string of the molecule is NC[C@@H]1O[C@H](C(=O)NCCc2ccncc2)[C@H](O)[C@H](O)[C@H]1O. The van der Waals surface area contributed by atoms with E-state index >= 15 is 0 Å². The van der Waals surface area contributed by atoms with Crippen molar-refractivity contribution in [2.24, 2.45) is 5.73 Å². The summed E-state index contributed by atoms with van der Waals surface area (Å²) in [6, 6.07) is 3.67. The van der Waals surface area contributed by atoms with E-state index in [0.717, 1.165) is 5.56 Å². The van der Waals surface area contributed by atoms with Gasteiger partial charge in [0.05, 0.1) is 6.10 Å². The first kappa shape index (κ1) is 16.8. The Morgan fingerprint density at radius 3 is 2.55 bits per heavy atom.